The van der Waals surface area contributed by atoms with Crippen molar-refractivity contribution in [2.75, 3.05) is 65.3 Å². The molecule has 2 N–H and O–H groups in total. The Balaban J connectivity index is 1.93. The maximum Gasteiger partial charge on any atom is 0.211 e. The molecule has 29 heavy (non-hydrogen) atoms. The molecule has 0 amide bonds. The van der Waals surface area contributed by atoms with Gasteiger partial charge in [-0.05, 0) is 24.8 Å². The van der Waals surface area contributed by atoms with Crippen LogP contribution in [0.3, 0.4) is 0 Å². The Kier molecular flexibility index (Phi) is 10.4. The van der Waals surface area contributed by atoms with Crippen LogP contribution in [-0.4, -0.2) is 88.9 Å². The number of rotatable bonds is 11. The number of hydrogen-bond donors (Lipinski definition) is 2. The Bertz CT molecular complexity index is 703. The first-order chi connectivity index (χ1) is 14.0. The summed E-state index contributed by atoms with van der Waals surface area (Å²) in [6.45, 7) is 10.4. The van der Waals surface area contributed by atoms with E-state index >= 15 is 0 Å². The zero-order valence-corrected chi connectivity index (χ0v) is 19.4. The molecule has 1 aromatic heterocycles. The van der Waals surface area contributed by atoms with Crippen molar-refractivity contribution >= 4 is 27.3 Å². The lowest BCUT2D eigenvalue weighted by Crippen LogP contribution is -2.42. The zero-order valence-electron chi connectivity index (χ0n) is 17.8. The number of ether oxygens (including phenoxy) is 1. The maximum absolute atomic E-state index is 11.7. The van der Waals surface area contributed by atoms with Gasteiger partial charge in [-0.3, -0.25) is 9.89 Å². The van der Waals surface area contributed by atoms with Gasteiger partial charge in [-0.2, -0.15) is 0 Å². The molecule has 1 atom stereocenters. The molecule has 0 aromatic carbocycles. The van der Waals surface area contributed by atoms with Crippen LogP contribution in [0.4, 0.5) is 0 Å². The molecule has 0 aliphatic carbocycles. The summed E-state index contributed by atoms with van der Waals surface area (Å²) in [6, 6.07) is 4.50. The highest BCUT2D eigenvalue weighted by molar-refractivity contribution is 7.88. The summed E-state index contributed by atoms with van der Waals surface area (Å²) in [7, 11) is -3.14. The van der Waals surface area contributed by atoms with Gasteiger partial charge in [0.15, 0.2) is 5.96 Å². The van der Waals surface area contributed by atoms with Crippen LogP contribution in [0, 0.1) is 0 Å². The lowest BCUT2D eigenvalue weighted by molar-refractivity contribution is 0.0186. The van der Waals surface area contributed by atoms with Gasteiger partial charge in [-0.25, -0.2) is 12.7 Å². The SMILES string of the molecule is CCNC(=NCC(c1cccs1)N1CCOCC1)NCCCN(CC)S(C)(=O)=O. The minimum absolute atomic E-state index is 0.246. The fourth-order valence-corrected chi connectivity index (χ4v) is 5.08. The molecule has 1 unspecified atom stereocenters. The van der Waals surface area contributed by atoms with E-state index in [1.54, 1.807) is 11.3 Å². The van der Waals surface area contributed by atoms with E-state index in [1.807, 2.05) is 13.8 Å². The molecule has 2 rings (SSSR count). The van der Waals surface area contributed by atoms with Crippen molar-refractivity contribution in [3.63, 3.8) is 0 Å². The van der Waals surface area contributed by atoms with Crippen LogP contribution in [-0.2, 0) is 14.8 Å². The highest BCUT2D eigenvalue weighted by Crippen LogP contribution is 2.26. The van der Waals surface area contributed by atoms with Crippen molar-refractivity contribution in [1.82, 2.24) is 19.8 Å². The van der Waals surface area contributed by atoms with E-state index in [0.29, 0.717) is 26.2 Å². The first kappa shape index (κ1) is 24.1. The average molecular weight is 446 g/mol. The molecule has 1 aliphatic heterocycles. The number of hydrogen-bond acceptors (Lipinski definition) is 6. The fourth-order valence-electron chi connectivity index (χ4n) is 3.30. The summed E-state index contributed by atoms with van der Waals surface area (Å²) in [6.07, 6.45) is 1.98. The van der Waals surface area contributed by atoms with E-state index in [2.05, 4.69) is 33.0 Å². The third-order valence-corrected chi connectivity index (χ3v) is 7.18. The zero-order chi connectivity index (χ0) is 21.1. The van der Waals surface area contributed by atoms with Crippen molar-refractivity contribution in [2.45, 2.75) is 26.3 Å². The molecule has 1 aliphatic rings. The van der Waals surface area contributed by atoms with E-state index in [1.165, 1.54) is 15.4 Å². The van der Waals surface area contributed by atoms with Gasteiger partial charge in [0.1, 0.15) is 0 Å². The van der Waals surface area contributed by atoms with E-state index in [9.17, 15) is 8.42 Å². The second kappa shape index (κ2) is 12.5. The topological polar surface area (TPSA) is 86.3 Å². The van der Waals surface area contributed by atoms with E-state index in [-0.39, 0.29) is 6.04 Å². The number of morpholine rings is 1. The predicted octanol–water partition coefficient (Wildman–Crippen LogP) is 1.35. The summed E-state index contributed by atoms with van der Waals surface area (Å²) < 4.78 is 30.4. The normalized spacial score (nSPS) is 17.4. The number of thiophene rings is 1. The number of sulfonamides is 1. The summed E-state index contributed by atoms with van der Waals surface area (Å²) in [5, 5.41) is 8.73. The Labute approximate surface area is 179 Å². The van der Waals surface area contributed by atoms with Crippen LogP contribution in [0.2, 0.25) is 0 Å². The highest BCUT2D eigenvalue weighted by Gasteiger charge is 2.23. The molecule has 166 valence electrons. The van der Waals surface area contributed by atoms with E-state index in [4.69, 9.17) is 9.73 Å². The molecule has 1 fully saturated rings. The predicted molar refractivity (Wildman–Crippen MR) is 120 cm³/mol. The Morgan fingerprint density at radius 2 is 2.10 bits per heavy atom. The maximum atomic E-state index is 11.7. The van der Waals surface area contributed by atoms with Crippen LogP contribution < -0.4 is 10.6 Å². The number of guanidine groups is 1. The Morgan fingerprint density at radius 1 is 1.34 bits per heavy atom. The standard InChI is InChI=1S/C19H35N5O3S2/c1-4-20-19(21-9-7-10-24(5-2)29(3,25)26)22-16-17(18-8-6-15-28-18)23-11-13-27-14-12-23/h6,8,15,17H,4-5,7,9-14,16H2,1-3H3,(H2,20,21,22). The smallest absolute Gasteiger partial charge is 0.211 e. The number of aliphatic imine (C=N–C) groups is 1. The number of nitrogens with one attached hydrogen (secondary N) is 2. The second-order valence-corrected chi connectivity index (χ2v) is 9.90. The Morgan fingerprint density at radius 3 is 2.69 bits per heavy atom. The van der Waals surface area contributed by atoms with Crippen LogP contribution in [0.25, 0.3) is 0 Å². The summed E-state index contributed by atoms with van der Waals surface area (Å²) in [4.78, 5) is 8.57. The summed E-state index contributed by atoms with van der Waals surface area (Å²) >= 11 is 1.76. The van der Waals surface area contributed by atoms with Crippen LogP contribution in [0.15, 0.2) is 22.5 Å². The van der Waals surface area contributed by atoms with Gasteiger partial charge in [0, 0.05) is 44.1 Å². The molecular weight excluding hydrogens is 410 g/mol. The van der Waals surface area contributed by atoms with Gasteiger partial charge in [0.25, 0.3) is 0 Å². The van der Waals surface area contributed by atoms with Crippen molar-refractivity contribution < 1.29 is 13.2 Å². The first-order valence-corrected chi connectivity index (χ1v) is 13.0. The van der Waals surface area contributed by atoms with Gasteiger partial charge in [0.2, 0.25) is 10.0 Å². The molecule has 0 spiro atoms. The van der Waals surface area contributed by atoms with Crippen LogP contribution >= 0.6 is 11.3 Å². The molecule has 0 bridgehead atoms. The first-order valence-electron chi connectivity index (χ1n) is 10.3. The van der Waals surface area contributed by atoms with Gasteiger partial charge in [-0.15, -0.1) is 11.3 Å². The van der Waals surface area contributed by atoms with Gasteiger partial charge >= 0.3 is 0 Å². The highest BCUT2D eigenvalue weighted by atomic mass is 32.2. The lowest BCUT2D eigenvalue weighted by atomic mass is 10.2. The third kappa shape index (κ3) is 8.21. The van der Waals surface area contributed by atoms with Gasteiger partial charge < -0.3 is 15.4 Å². The summed E-state index contributed by atoms with van der Waals surface area (Å²) in [5.41, 5.74) is 0. The van der Waals surface area contributed by atoms with Crippen LogP contribution in [0.1, 0.15) is 31.2 Å². The number of nitrogens with zero attached hydrogens (tertiary/aromatic N) is 3. The summed E-state index contributed by atoms with van der Waals surface area (Å²) in [5.74, 6) is 0.768. The van der Waals surface area contributed by atoms with Gasteiger partial charge in [0.05, 0.1) is 32.1 Å². The van der Waals surface area contributed by atoms with E-state index in [0.717, 1.165) is 45.2 Å². The molecule has 1 saturated heterocycles. The average Bonchev–Trinajstić information content (AvgIpc) is 3.22. The minimum Gasteiger partial charge on any atom is -0.379 e. The van der Waals surface area contributed by atoms with Crippen molar-refractivity contribution in [2.24, 2.45) is 4.99 Å². The molecule has 10 heteroatoms. The van der Waals surface area contributed by atoms with Crippen molar-refractivity contribution in [3.8, 4) is 0 Å². The molecule has 0 saturated carbocycles. The van der Waals surface area contributed by atoms with Crippen molar-refractivity contribution in [3.05, 3.63) is 22.4 Å². The molecule has 8 nitrogen and oxygen atoms in total. The van der Waals surface area contributed by atoms with Gasteiger partial charge in [-0.1, -0.05) is 13.0 Å². The molecular formula is C19H35N5O3S2. The van der Waals surface area contributed by atoms with Crippen LogP contribution in [0.5, 0.6) is 0 Å². The van der Waals surface area contributed by atoms with Crippen molar-refractivity contribution in [1.29, 1.82) is 0 Å². The lowest BCUT2D eigenvalue weighted by Gasteiger charge is -2.33. The Hall–Kier alpha value is -1.20. The molecule has 2 heterocycles. The van der Waals surface area contributed by atoms with E-state index < -0.39 is 10.0 Å². The minimum atomic E-state index is -3.14. The molecule has 1 aromatic rings. The second-order valence-electron chi connectivity index (χ2n) is 6.93. The monoisotopic (exact) mass is 445 g/mol. The fraction of sp³-hybridized carbons (Fsp3) is 0.737. The molecule has 0 radical (unpaired) electrons. The largest absolute Gasteiger partial charge is 0.379 e. The quantitative estimate of drug-likeness (QED) is 0.304. The third-order valence-electron chi connectivity index (χ3n) is 4.82.